The van der Waals surface area contributed by atoms with Crippen LogP contribution in [0, 0.1) is 6.92 Å². The molecule has 1 aliphatic rings. The molecule has 0 spiro atoms. The molecule has 1 amide bonds. The molecule has 0 saturated carbocycles. The van der Waals surface area contributed by atoms with Gasteiger partial charge in [-0.25, -0.2) is 9.59 Å². The molecule has 0 bridgehead atoms. The molecule has 1 N–H and O–H groups in total. The zero-order valence-electron chi connectivity index (χ0n) is 14.1. The molecule has 25 heavy (non-hydrogen) atoms. The Morgan fingerprint density at radius 3 is 2.60 bits per heavy atom. The van der Waals surface area contributed by atoms with E-state index in [9.17, 15) is 14.7 Å². The van der Waals surface area contributed by atoms with Gasteiger partial charge in [0.25, 0.3) is 0 Å². The van der Waals surface area contributed by atoms with Crippen LogP contribution in [0.25, 0.3) is 0 Å². The normalized spacial score (nSPS) is 19.6. The van der Waals surface area contributed by atoms with E-state index in [4.69, 9.17) is 4.74 Å². The van der Waals surface area contributed by atoms with E-state index in [2.05, 4.69) is 0 Å². The number of carboxylic acid groups (broad SMARTS) is 1. The fraction of sp³-hybridized carbons (Fsp3) is 0.300. The van der Waals surface area contributed by atoms with Gasteiger partial charge >= 0.3 is 12.1 Å². The summed E-state index contributed by atoms with van der Waals surface area (Å²) in [5.74, 6) is -1.22. The maximum absolute atomic E-state index is 12.4. The van der Waals surface area contributed by atoms with Gasteiger partial charge in [0.15, 0.2) is 0 Å². The summed E-state index contributed by atoms with van der Waals surface area (Å²) in [6.45, 7) is 2.49. The first-order valence-corrected chi connectivity index (χ1v) is 8.33. The van der Waals surface area contributed by atoms with Crippen LogP contribution in [-0.4, -0.2) is 34.7 Å². The molecule has 3 rings (SSSR count). The number of carboxylic acids is 1. The van der Waals surface area contributed by atoms with Gasteiger partial charge in [-0.2, -0.15) is 0 Å². The van der Waals surface area contributed by atoms with E-state index in [1.807, 2.05) is 61.5 Å². The molecule has 5 heteroatoms. The predicted molar refractivity (Wildman–Crippen MR) is 93.3 cm³/mol. The summed E-state index contributed by atoms with van der Waals surface area (Å²) in [6.07, 6.45) is 0.0346. The molecule has 0 aliphatic carbocycles. The standard InChI is InChI=1S/C20H21NO4/c1-14-6-5-9-16(12-14)17-10-11-21(18(17)19(22)23)20(24)25-13-15-7-3-2-4-8-15/h2-9,12,17-18H,10-11,13H2,1H3,(H,22,23). The highest BCUT2D eigenvalue weighted by atomic mass is 16.6. The SMILES string of the molecule is Cc1cccc(C2CCN(C(=O)OCc3ccccc3)C2C(=O)O)c1. The van der Waals surface area contributed by atoms with E-state index in [0.717, 1.165) is 16.7 Å². The van der Waals surface area contributed by atoms with Crippen LogP contribution in [0.1, 0.15) is 29.0 Å². The Labute approximate surface area is 146 Å². The van der Waals surface area contributed by atoms with Gasteiger partial charge in [-0.3, -0.25) is 4.90 Å². The highest BCUT2D eigenvalue weighted by Gasteiger charge is 2.43. The Morgan fingerprint density at radius 1 is 1.16 bits per heavy atom. The summed E-state index contributed by atoms with van der Waals surface area (Å²) in [5, 5.41) is 9.67. The number of carbonyl (C=O) groups excluding carboxylic acids is 1. The second-order valence-electron chi connectivity index (χ2n) is 6.33. The average Bonchev–Trinajstić information content (AvgIpc) is 3.06. The lowest BCUT2D eigenvalue weighted by Crippen LogP contribution is -2.43. The topological polar surface area (TPSA) is 66.8 Å². The number of ether oxygens (including phenoxy) is 1. The van der Waals surface area contributed by atoms with Crippen molar-refractivity contribution in [1.29, 1.82) is 0 Å². The van der Waals surface area contributed by atoms with Crippen molar-refractivity contribution in [2.45, 2.75) is 31.9 Å². The van der Waals surface area contributed by atoms with Crippen LogP contribution in [0.4, 0.5) is 4.79 Å². The van der Waals surface area contributed by atoms with Crippen LogP contribution < -0.4 is 0 Å². The van der Waals surface area contributed by atoms with Gasteiger partial charge in [-0.1, -0.05) is 60.2 Å². The average molecular weight is 339 g/mol. The van der Waals surface area contributed by atoms with Gasteiger partial charge in [-0.15, -0.1) is 0 Å². The Morgan fingerprint density at radius 2 is 1.92 bits per heavy atom. The lowest BCUT2D eigenvalue weighted by atomic mass is 9.91. The Bertz CT molecular complexity index is 759. The van der Waals surface area contributed by atoms with Crippen molar-refractivity contribution in [2.75, 3.05) is 6.54 Å². The van der Waals surface area contributed by atoms with Crippen LogP contribution in [0.2, 0.25) is 0 Å². The smallest absolute Gasteiger partial charge is 0.410 e. The third-order valence-corrected chi connectivity index (χ3v) is 4.56. The molecule has 0 radical (unpaired) electrons. The number of hydrogen-bond donors (Lipinski definition) is 1. The third-order valence-electron chi connectivity index (χ3n) is 4.56. The van der Waals surface area contributed by atoms with Gasteiger partial charge in [0.05, 0.1) is 0 Å². The van der Waals surface area contributed by atoms with E-state index in [-0.39, 0.29) is 12.5 Å². The maximum Gasteiger partial charge on any atom is 0.410 e. The van der Waals surface area contributed by atoms with Gasteiger partial charge in [0.1, 0.15) is 12.6 Å². The van der Waals surface area contributed by atoms with Crippen LogP contribution in [0.15, 0.2) is 54.6 Å². The number of rotatable bonds is 4. The number of carbonyl (C=O) groups is 2. The summed E-state index contributed by atoms with van der Waals surface area (Å²) in [4.78, 5) is 25.6. The Balaban J connectivity index is 1.73. The number of nitrogens with zero attached hydrogens (tertiary/aromatic N) is 1. The Kier molecular flexibility index (Phi) is 5.03. The molecule has 1 heterocycles. The first-order chi connectivity index (χ1) is 12.1. The predicted octanol–water partition coefficient (Wildman–Crippen LogP) is 3.57. The number of aryl methyl sites for hydroxylation is 1. The van der Waals surface area contributed by atoms with E-state index in [1.54, 1.807) is 0 Å². The fourth-order valence-corrected chi connectivity index (χ4v) is 3.35. The number of benzene rings is 2. The molecular formula is C20H21NO4. The van der Waals surface area contributed by atoms with E-state index in [0.29, 0.717) is 13.0 Å². The summed E-state index contributed by atoms with van der Waals surface area (Å²) in [5.41, 5.74) is 2.90. The molecule has 2 aromatic rings. The van der Waals surface area contributed by atoms with Crippen LogP contribution in [0.5, 0.6) is 0 Å². The van der Waals surface area contributed by atoms with Crippen molar-refractivity contribution in [2.24, 2.45) is 0 Å². The summed E-state index contributed by atoms with van der Waals surface area (Å²) in [7, 11) is 0. The Hall–Kier alpha value is -2.82. The molecule has 2 unspecified atom stereocenters. The molecule has 1 aliphatic heterocycles. The molecular weight excluding hydrogens is 318 g/mol. The van der Waals surface area contributed by atoms with E-state index in [1.165, 1.54) is 4.90 Å². The first-order valence-electron chi connectivity index (χ1n) is 8.33. The number of amides is 1. The number of likely N-dealkylation sites (tertiary alicyclic amines) is 1. The van der Waals surface area contributed by atoms with Gasteiger partial charge in [-0.05, 0) is 24.5 Å². The van der Waals surface area contributed by atoms with Crippen LogP contribution in [0.3, 0.4) is 0 Å². The van der Waals surface area contributed by atoms with Crippen LogP contribution in [-0.2, 0) is 16.1 Å². The molecule has 0 aromatic heterocycles. The molecule has 1 fully saturated rings. The largest absolute Gasteiger partial charge is 0.480 e. The maximum atomic E-state index is 12.4. The molecule has 130 valence electrons. The van der Waals surface area contributed by atoms with Crippen molar-refractivity contribution >= 4 is 12.1 Å². The van der Waals surface area contributed by atoms with Crippen LogP contribution >= 0.6 is 0 Å². The molecule has 2 atom stereocenters. The lowest BCUT2D eigenvalue weighted by Gasteiger charge is -2.24. The van der Waals surface area contributed by atoms with E-state index >= 15 is 0 Å². The molecule has 5 nitrogen and oxygen atoms in total. The van der Waals surface area contributed by atoms with Gasteiger partial charge < -0.3 is 9.84 Å². The molecule has 2 aromatic carbocycles. The first kappa shape index (κ1) is 17.0. The number of hydrogen-bond acceptors (Lipinski definition) is 3. The van der Waals surface area contributed by atoms with Gasteiger partial charge in [0.2, 0.25) is 0 Å². The third kappa shape index (κ3) is 3.82. The quantitative estimate of drug-likeness (QED) is 0.925. The summed E-state index contributed by atoms with van der Waals surface area (Å²) in [6, 6.07) is 16.2. The summed E-state index contributed by atoms with van der Waals surface area (Å²) < 4.78 is 5.32. The minimum atomic E-state index is -0.999. The highest BCUT2D eigenvalue weighted by molar-refractivity contribution is 5.82. The highest BCUT2D eigenvalue weighted by Crippen LogP contribution is 2.34. The zero-order valence-corrected chi connectivity index (χ0v) is 14.1. The minimum absolute atomic E-state index is 0.137. The van der Waals surface area contributed by atoms with Crippen molar-refractivity contribution in [3.8, 4) is 0 Å². The fourth-order valence-electron chi connectivity index (χ4n) is 3.35. The van der Waals surface area contributed by atoms with E-state index < -0.39 is 18.1 Å². The molecule has 1 saturated heterocycles. The van der Waals surface area contributed by atoms with Crippen molar-refractivity contribution in [1.82, 2.24) is 4.90 Å². The van der Waals surface area contributed by atoms with Gasteiger partial charge in [0, 0.05) is 12.5 Å². The van der Waals surface area contributed by atoms with Crippen molar-refractivity contribution in [3.63, 3.8) is 0 Å². The monoisotopic (exact) mass is 339 g/mol. The minimum Gasteiger partial charge on any atom is -0.480 e. The second kappa shape index (κ2) is 7.38. The zero-order chi connectivity index (χ0) is 17.8. The lowest BCUT2D eigenvalue weighted by molar-refractivity contribution is -0.142. The van der Waals surface area contributed by atoms with Crippen molar-refractivity contribution < 1.29 is 19.4 Å². The second-order valence-corrected chi connectivity index (χ2v) is 6.33. The number of aliphatic carboxylic acids is 1. The summed E-state index contributed by atoms with van der Waals surface area (Å²) >= 11 is 0. The van der Waals surface area contributed by atoms with Crippen molar-refractivity contribution in [3.05, 3.63) is 71.3 Å².